The van der Waals surface area contributed by atoms with Crippen molar-refractivity contribution in [2.24, 2.45) is 5.10 Å². The topological polar surface area (TPSA) is 105 Å². The first-order valence-corrected chi connectivity index (χ1v) is 8.81. The molecule has 10 heteroatoms. The number of benzene rings is 2. The number of carbonyl (C=O) groups is 1. The number of rotatable bonds is 5. The molecular weight excluding hydrogens is 405 g/mol. The van der Waals surface area contributed by atoms with Gasteiger partial charge in [-0.2, -0.15) is 10.1 Å². The molecule has 1 aliphatic rings. The van der Waals surface area contributed by atoms with Crippen molar-refractivity contribution in [1.29, 1.82) is 0 Å². The van der Waals surface area contributed by atoms with Gasteiger partial charge in [-0.05, 0) is 49.8 Å². The zero-order valence-corrected chi connectivity index (χ0v) is 16.1. The van der Waals surface area contributed by atoms with Crippen LogP contribution in [0.15, 0.2) is 41.0 Å². The second-order valence-electron chi connectivity index (χ2n) is 6.04. The molecule has 8 nitrogen and oxygen atoms in total. The molecule has 1 N–H and O–H groups in total. The van der Waals surface area contributed by atoms with E-state index in [2.05, 4.69) is 5.10 Å². The lowest BCUT2D eigenvalue weighted by molar-refractivity contribution is -0.386. The number of aromatic hydroxyl groups is 1. The number of phenolic OH excluding ortho intramolecular Hbond substituents is 1. The van der Waals surface area contributed by atoms with E-state index < -0.39 is 28.1 Å². The van der Waals surface area contributed by atoms with Crippen molar-refractivity contribution in [3.63, 3.8) is 0 Å². The quantitative estimate of drug-likeness (QED) is 0.442. The summed E-state index contributed by atoms with van der Waals surface area (Å²) in [7, 11) is 0. The number of phenols is 1. The highest BCUT2D eigenvalue weighted by Gasteiger charge is 2.30. The molecule has 0 saturated carbocycles. The summed E-state index contributed by atoms with van der Waals surface area (Å²) in [6.07, 6.45) is 1.40. The molecule has 2 aromatic carbocycles. The van der Waals surface area contributed by atoms with E-state index in [1.54, 1.807) is 13.8 Å². The van der Waals surface area contributed by atoms with Gasteiger partial charge in [-0.15, -0.1) is 0 Å². The predicted molar refractivity (Wildman–Crippen MR) is 106 cm³/mol. The maximum absolute atomic E-state index is 13.4. The van der Waals surface area contributed by atoms with Crippen LogP contribution in [0.3, 0.4) is 0 Å². The Morgan fingerprint density at radius 3 is 2.72 bits per heavy atom. The molecule has 0 fully saturated rings. The van der Waals surface area contributed by atoms with Crippen LogP contribution in [0, 0.1) is 15.9 Å². The van der Waals surface area contributed by atoms with Crippen molar-refractivity contribution in [3.8, 4) is 11.5 Å². The summed E-state index contributed by atoms with van der Waals surface area (Å²) in [5.41, 5.74) is 0.521. The fourth-order valence-corrected chi connectivity index (χ4v) is 2.92. The van der Waals surface area contributed by atoms with E-state index in [0.29, 0.717) is 5.71 Å². The number of halogens is 2. The molecule has 0 aliphatic carbocycles. The van der Waals surface area contributed by atoms with E-state index in [1.165, 1.54) is 24.3 Å². The van der Waals surface area contributed by atoms with Crippen molar-refractivity contribution in [2.45, 2.75) is 13.8 Å². The Bertz CT molecular complexity index is 1080. The van der Waals surface area contributed by atoms with E-state index in [0.717, 1.165) is 17.1 Å². The van der Waals surface area contributed by atoms with Gasteiger partial charge in [-0.1, -0.05) is 11.6 Å². The fraction of sp³-hybridized carbons (Fsp3) is 0.158. The highest BCUT2D eigenvalue weighted by Crippen LogP contribution is 2.38. The molecule has 2 aromatic rings. The minimum Gasteiger partial charge on any atom is -0.500 e. The van der Waals surface area contributed by atoms with Gasteiger partial charge in [-0.3, -0.25) is 14.9 Å². The van der Waals surface area contributed by atoms with Crippen LogP contribution in [0.2, 0.25) is 5.02 Å². The molecule has 1 amide bonds. The average Bonchev–Trinajstić information content (AvgIpc) is 2.94. The molecule has 0 unspecified atom stereocenters. The lowest BCUT2D eigenvalue weighted by Gasteiger charge is -2.12. The Morgan fingerprint density at radius 2 is 2.10 bits per heavy atom. The first kappa shape index (κ1) is 20.3. The molecule has 0 aromatic heterocycles. The van der Waals surface area contributed by atoms with Crippen molar-refractivity contribution >= 4 is 40.7 Å². The molecule has 29 heavy (non-hydrogen) atoms. The van der Waals surface area contributed by atoms with Crippen molar-refractivity contribution in [3.05, 3.63) is 62.4 Å². The molecule has 0 radical (unpaired) electrons. The number of nitro benzene ring substituents is 1. The van der Waals surface area contributed by atoms with E-state index >= 15 is 0 Å². The predicted octanol–water partition coefficient (Wildman–Crippen LogP) is 4.30. The number of anilines is 1. The molecule has 0 atom stereocenters. The zero-order valence-electron chi connectivity index (χ0n) is 15.3. The highest BCUT2D eigenvalue weighted by molar-refractivity contribution is 6.33. The standard InChI is InChI=1S/C19H15ClFN3O5/c1-3-29-17-8-11(7-16(18(17)25)24(27)28)6-13-10(2)22-23(19(13)26)12-4-5-15(21)14(20)9-12/h4-9,25H,3H2,1-2H3/b13-6-. The van der Waals surface area contributed by atoms with Crippen molar-refractivity contribution in [2.75, 3.05) is 11.6 Å². The molecule has 0 spiro atoms. The van der Waals surface area contributed by atoms with Gasteiger partial charge >= 0.3 is 5.69 Å². The SMILES string of the molecule is CCOc1cc(/C=C2\C(=O)N(c3ccc(F)c(Cl)c3)N=C2C)cc([N+](=O)[O-])c1O. The van der Waals surface area contributed by atoms with Gasteiger partial charge in [0.2, 0.25) is 5.75 Å². The number of amides is 1. The maximum atomic E-state index is 13.4. The summed E-state index contributed by atoms with van der Waals surface area (Å²) in [6.45, 7) is 3.44. The molecular formula is C19H15ClFN3O5. The van der Waals surface area contributed by atoms with Crippen LogP contribution in [0.4, 0.5) is 15.8 Å². The van der Waals surface area contributed by atoms with Crippen molar-refractivity contribution in [1.82, 2.24) is 0 Å². The molecule has 150 valence electrons. The van der Waals surface area contributed by atoms with Gasteiger partial charge in [0.05, 0.1) is 33.5 Å². The third-order valence-corrected chi connectivity index (χ3v) is 4.38. The van der Waals surface area contributed by atoms with E-state index in [9.17, 15) is 24.4 Å². The van der Waals surface area contributed by atoms with Gasteiger partial charge in [0, 0.05) is 6.07 Å². The normalized spacial score (nSPS) is 15.0. The minimum atomic E-state index is -0.746. The van der Waals surface area contributed by atoms with Crippen LogP contribution in [-0.4, -0.2) is 28.3 Å². The number of ether oxygens (including phenoxy) is 1. The van der Waals surface area contributed by atoms with Crippen LogP contribution in [-0.2, 0) is 4.79 Å². The summed E-state index contributed by atoms with van der Waals surface area (Å²) in [5.74, 6) is -1.81. The summed E-state index contributed by atoms with van der Waals surface area (Å²) in [4.78, 5) is 23.3. The highest BCUT2D eigenvalue weighted by atomic mass is 35.5. The summed E-state index contributed by atoms with van der Waals surface area (Å²) in [6, 6.07) is 6.26. The lowest BCUT2D eigenvalue weighted by Crippen LogP contribution is -2.21. The van der Waals surface area contributed by atoms with Gasteiger partial charge in [0.1, 0.15) is 5.82 Å². The van der Waals surface area contributed by atoms with Crippen LogP contribution >= 0.6 is 11.6 Å². The number of hydrogen-bond acceptors (Lipinski definition) is 6. The molecule has 0 saturated heterocycles. The molecule has 3 rings (SSSR count). The smallest absolute Gasteiger partial charge is 0.315 e. The van der Waals surface area contributed by atoms with Crippen LogP contribution in [0.25, 0.3) is 6.08 Å². The maximum Gasteiger partial charge on any atom is 0.315 e. The summed E-state index contributed by atoms with van der Waals surface area (Å²) in [5, 5.41) is 26.3. The third kappa shape index (κ3) is 3.90. The Hall–Kier alpha value is -3.46. The zero-order chi connectivity index (χ0) is 21.3. The van der Waals surface area contributed by atoms with Gasteiger partial charge in [-0.25, -0.2) is 4.39 Å². The summed E-state index contributed by atoms with van der Waals surface area (Å²) < 4.78 is 18.6. The van der Waals surface area contributed by atoms with Crippen LogP contribution in [0.5, 0.6) is 11.5 Å². The van der Waals surface area contributed by atoms with Crippen molar-refractivity contribution < 1.29 is 24.0 Å². The van der Waals surface area contributed by atoms with Gasteiger partial charge in [0.15, 0.2) is 5.75 Å². The molecule has 0 bridgehead atoms. The Morgan fingerprint density at radius 1 is 1.38 bits per heavy atom. The van der Waals surface area contributed by atoms with Gasteiger partial charge in [0.25, 0.3) is 5.91 Å². The largest absolute Gasteiger partial charge is 0.500 e. The first-order chi connectivity index (χ1) is 13.7. The van der Waals surface area contributed by atoms with E-state index in [4.69, 9.17) is 16.3 Å². The Labute approximate surface area is 169 Å². The number of hydrogen-bond donors (Lipinski definition) is 1. The van der Waals surface area contributed by atoms with E-state index in [-0.39, 0.29) is 34.2 Å². The number of nitrogens with zero attached hydrogens (tertiary/aromatic N) is 3. The fourth-order valence-electron chi connectivity index (χ4n) is 2.74. The number of nitro groups is 1. The number of carbonyl (C=O) groups excluding carboxylic acids is 1. The van der Waals surface area contributed by atoms with Crippen LogP contribution < -0.4 is 9.75 Å². The molecule has 1 heterocycles. The van der Waals surface area contributed by atoms with E-state index in [1.807, 2.05) is 0 Å². The van der Waals surface area contributed by atoms with Gasteiger partial charge < -0.3 is 9.84 Å². The first-order valence-electron chi connectivity index (χ1n) is 8.44. The second-order valence-corrected chi connectivity index (χ2v) is 6.44. The summed E-state index contributed by atoms with van der Waals surface area (Å²) >= 11 is 5.77. The Balaban J connectivity index is 2.03. The minimum absolute atomic E-state index is 0.0734. The number of hydrazone groups is 1. The average molecular weight is 420 g/mol. The van der Waals surface area contributed by atoms with Crippen LogP contribution in [0.1, 0.15) is 19.4 Å². The monoisotopic (exact) mass is 419 g/mol. The third-order valence-electron chi connectivity index (χ3n) is 4.10. The lowest BCUT2D eigenvalue weighted by atomic mass is 10.1. The second kappa shape index (κ2) is 7.88. The molecule has 1 aliphatic heterocycles. The Kier molecular flexibility index (Phi) is 5.51.